The fraction of sp³-hybridized carbons (Fsp3) is 0.615. The summed E-state index contributed by atoms with van der Waals surface area (Å²) in [6, 6.07) is 3.80. The predicted octanol–water partition coefficient (Wildman–Crippen LogP) is 2.08. The van der Waals surface area contributed by atoms with Crippen LogP contribution in [0, 0.1) is 0 Å². The number of likely N-dealkylation sites (tertiary alicyclic amines) is 1. The number of oxime groups is 1. The summed E-state index contributed by atoms with van der Waals surface area (Å²) < 4.78 is 0. The zero-order valence-electron chi connectivity index (χ0n) is 11.8. The number of aliphatic hydroxyl groups is 1. The normalized spacial score (nSPS) is 17.5. The number of hydrogen-bond donors (Lipinski definition) is 2. The summed E-state index contributed by atoms with van der Waals surface area (Å²) in [6.07, 6.45) is 3.22. The maximum Gasteiger partial charge on any atom is 0.180 e. The van der Waals surface area contributed by atoms with E-state index in [0.717, 1.165) is 18.0 Å². The molecule has 0 spiro atoms. The van der Waals surface area contributed by atoms with Crippen molar-refractivity contribution in [3.05, 3.63) is 22.4 Å². The molecule has 1 unspecified atom stereocenters. The van der Waals surface area contributed by atoms with Crippen LogP contribution in [0.25, 0.3) is 0 Å². The van der Waals surface area contributed by atoms with Gasteiger partial charge in [-0.05, 0) is 37.4 Å². The Balaban J connectivity index is 0.00000200. The smallest absolute Gasteiger partial charge is 0.180 e. The van der Waals surface area contributed by atoms with Crippen molar-refractivity contribution in [2.24, 2.45) is 10.9 Å². The lowest BCUT2D eigenvalue weighted by atomic mass is 10.1. The topological polar surface area (TPSA) is 71.1 Å². The molecule has 0 radical (unpaired) electrons. The number of aliphatic hydroxyl groups excluding tert-OH is 1. The average molecular weight is 356 g/mol. The molecule has 0 aliphatic carbocycles. The zero-order chi connectivity index (χ0) is 13.5. The van der Waals surface area contributed by atoms with Crippen LogP contribution in [0.15, 0.2) is 22.7 Å². The molecule has 1 aliphatic heterocycles. The third-order valence-electron chi connectivity index (χ3n) is 3.12. The molecule has 1 aliphatic rings. The lowest BCUT2D eigenvalue weighted by Crippen LogP contribution is -2.38. The Kier molecular flexibility index (Phi) is 10.8. The monoisotopic (exact) mass is 355 g/mol. The summed E-state index contributed by atoms with van der Waals surface area (Å²) in [5.41, 5.74) is 5.75. The van der Waals surface area contributed by atoms with E-state index in [1.165, 1.54) is 30.6 Å². The Morgan fingerprint density at radius 2 is 2.10 bits per heavy atom. The van der Waals surface area contributed by atoms with Crippen molar-refractivity contribution in [3.8, 4) is 0 Å². The number of halogens is 2. The van der Waals surface area contributed by atoms with Crippen molar-refractivity contribution in [2.75, 3.05) is 26.2 Å². The standard InChI is InChI=1S/C13H21N3O2S.2ClH/c14-13(12-5-4-8-19-12)15-18-10-11(17)9-16-6-2-1-3-7-16;;/h4-5,8,11,17H,1-3,6-7,9-10H2,(H2,14,15);2*1H. The third-order valence-corrected chi connectivity index (χ3v) is 4.01. The highest BCUT2D eigenvalue weighted by Gasteiger charge is 2.14. The van der Waals surface area contributed by atoms with Gasteiger partial charge in [0, 0.05) is 6.54 Å². The average Bonchev–Trinajstić information content (AvgIpc) is 2.93. The van der Waals surface area contributed by atoms with E-state index in [-0.39, 0.29) is 31.4 Å². The van der Waals surface area contributed by atoms with Crippen LogP contribution in [0.4, 0.5) is 0 Å². The van der Waals surface area contributed by atoms with Crippen LogP contribution in [-0.2, 0) is 4.84 Å². The summed E-state index contributed by atoms with van der Waals surface area (Å²) in [6.45, 7) is 2.96. The van der Waals surface area contributed by atoms with E-state index in [0.29, 0.717) is 12.4 Å². The molecule has 2 rings (SSSR count). The highest BCUT2D eigenvalue weighted by molar-refractivity contribution is 7.12. The molecular weight excluding hydrogens is 333 g/mol. The Labute approximate surface area is 142 Å². The summed E-state index contributed by atoms with van der Waals surface area (Å²) in [7, 11) is 0. The number of amidine groups is 1. The first-order valence-electron chi connectivity index (χ1n) is 6.65. The summed E-state index contributed by atoms with van der Waals surface area (Å²) >= 11 is 1.51. The van der Waals surface area contributed by atoms with Crippen molar-refractivity contribution >= 4 is 42.0 Å². The first-order chi connectivity index (χ1) is 9.25. The van der Waals surface area contributed by atoms with E-state index >= 15 is 0 Å². The molecule has 3 N–H and O–H groups in total. The summed E-state index contributed by atoms with van der Waals surface area (Å²) in [4.78, 5) is 8.26. The molecule has 8 heteroatoms. The van der Waals surface area contributed by atoms with E-state index in [2.05, 4.69) is 10.1 Å². The number of nitrogens with two attached hydrogens (primary N) is 1. The maximum atomic E-state index is 9.87. The van der Waals surface area contributed by atoms with Gasteiger partial charge in [-0.3, -0.25) is 0 Å². The molecule has 5 nitrogen and oxygen atoms in total. The van der Waals surface area contributed by atoms with Crippen LogP contribution < -0.4 is 5.73 Å². The van der Waals surface area contributed by atoms with Crippen molar-refractivity contribution < 1.29 is 9.94 Å². The van der Waals surface area contributed by atoms with Crippen molar-refractivity contribution in [3.63, 3.8) is 0 Å². The summed E-state index contributed by atoms with van der Waals surface area (Å²) in [5, 5.41) is 15.6. The second kappa shape index (κ2) is 11.1. The molecule has 1 aromatic heterocycles. The molecule has 0 bridgehead atoms. The summed E-state index contributed by atoms with van der Waals surface area (Å²) in [5.74, 6) is 0.361. The Morgan fingerprint density at radius 1 is 1.38 bits per heavy atom. The molecule has 122 valence electrons. The van der Waals surface area contributed by atoms with Crippen molar-refractivity contribution in [1.82, 2.24) is 4.90 Å². The van der Waals surface area contributed by atoms with E-state index < -0.39 is 6.10 Å². The lowest BCUT2D eigenvalue weighted by Gasteiger charge is -2.27. The van der Waals surface area contributed by atoms with Gasteiger partial charge in [-0.15, -0.1) is 36.2 Å². The van der Waals surface area contributed by atoms with Crippen LogP contribution >= 0.6 is 36.2 Å². The van der Waals surface area contributed by atoms with E-state index in [9.17, 15) is 5.11 Å². The van der Waals surface area contributed by atoms with Crippen LogP contribution in [0.1, 0.15) is 24.1 Å². The van der Waals surface area contributed by atoms with Crippen molar-refractivity contribution in [2.45, 2.75) is 25.4 Å². The van der Waals surface area contributed by atoms with Gasteiger partial charge < -0.3 is 20.6 Å². The molecule has 1 fully saturated rings. The van der Waals surface area contributed by atoms with E-state index in [1.54, 1.807) is 0 Å². The van der Waals surface area contributed by atoms with Gasteiger partial charge in [-0.2, -0.15) is 0 Å². The first-order valence-corrected chi connectivity index (χ1v) is 7.53. The number of hydrogen-bond acceptors (Lipinski definition) is 5. The zero-order valence-corrected chi connectivity index (χ0v) is 14.3. The molecule has 2 heterocycles. The van der Waals surface area contributed by atoms with Gasteiger partial charge in [0.1, 0.15) is 12.7 Å². The van der Waals surface area contributed by atoms with Gasteiger partial charge in [0.15, 0.2) is 5.84 Å². The second-order valence-electron chi connectivity index (χ2n) is 4.76. The Bertz CT molecular complexity index is 398. The molecular formula is C13H23Cl2N3O2S. The number of piperidine rings is 1. The van der Waals surface area contributed by atoms with Gasteiger partial charge in [-0.25, -0.2) is 0 Å². The predicted molar refractivity (Wildman–Crippen MR) is 91.8 cm³/mol. The first kappa shape index (κ1) is 20.5. The highest BCUT2D eigenvalue weighted by atomic mass is 35.5. The minimum absolute atomic E-state index is 0. The Morgan fingerprint density at radius 3 is 2.71 bits per heavy atom. The van der Waals surface area contributed by atoms with Gasteiger partial charge in [-0.1, -0.05) is 17.6 Å². The SMILES string of the molecule is Cl.Cl.N/C(=N\OCC(O)CN1CCCCC1)c1cccs1. The van der Waals surface area contributed by atoms with Gasteiger partial charge >= 0.3 is 0 Å². The molecule has 0 aromatic carbocycles. The number of β-amino-alcohol motifs (C(OH)–C–C–N with tert-alkyl or cyclic N) is 1. The quantitative estimate of drug-likeness (QED) is 0.465. The largest absolute Gasteiger partial charge is 0.391 e. The number of rotatable bonds is 6. The van der Waals surface area contributed by atoms with E-state index in [4.69, 9.17) is 10.6 Å². The van der Waals surface area contributed by atoms with Gasteiger partial charge in [0.25, 0.3) is 0 Å². The van der Waals surface area contributed by atoms with Gasteiger partial charge in [0.05, 0.1) is 4.88 Å². The molecule has 21 heavy (non-hydrogen) atoms. The minimum atomic E-state index is -0.516. The van der Waals surface area contributed by atoms with Crippen LogP contribution in [-0.4, -0.2) is 48.2 Å². The molecule has 0 saturated carbocycles. The maximum absolute atomic E-state index is 9.87. The highest BCUT2D eigenvalue weighted by Crippen LogP contribution is 2.09. The fourth-order valence-electron chi connectivity index (χ4n) is 2.15. The van der Waals surface area contributed by atoms with Crippen LogP contribution in [0.5, 0.6) is 0 Å². The third kappa shape index (κ3) is 7.33. The van der Waals surface area contributed by atoms with E-state index in [1.807, 2.05) is 17.5 Å². The molecule has 1 saturated heterocycles. The number of thiophene rings is 1. The van der Waals surface area contributed by atoms with Gasteiger partial charge in [0.2, 0.25) is 0 Å². The second-order valence-corrected chi connectivity index (χ2v) is 5.71. The molecule has 1 aromatic rings. The Hall–Kier alpha value is -0.530. The van der Waals surface area contributed by atoms with Crippen molar-refractivity contribution in [1.29, 1.82) is 0 Å². The minimum Gasteiger partial charge on any atom is -0.391 e. The number of nitrogens with zero attached hydrogens (tertiary/aromatic N) is 2. The fourth-order valence-corrected chi connectivity index (χ4v) is 2.77. The van der Waals surface area contributed by atoms with Crippen LogP contribution in [0.2, 0.25) is 0 Å². The molecule has 1 atom stereocenters. The lowest BCUT2D eigenvalue weighted by molar-refractivity contribution is 0.0158. The molecule has 0 amide bonds. The van der Waals surface area contributed by atoms with Crippen LogP contribution in [0.3, 0.4) is 0 Å².